The topological polar surface area (TPSA) is 24.1 Å². The minimum absolute atomic E-state index is 0.431. The van der Waals surface area contributed by atoms with E-state index >= 15 is 0 Å². The third-order valence-electron chi connectivity index (χ3n) is 4.15. The van der Waals surface area contributed by atoms with Crippen LogP contribution in [0.3, 0.4) is 0 Å². The van der Waals surface area contributed by atoms with Crippen LogP contribution in [0.5, 0.6) is 0 Å². The molecule has 2 aromatic rings. The lowest BCUT2D eigenvalue weighted by atomic mass is 9.92. The molecule has 8 heteroatoms. The molecule has 0 aromatic heterocycles. The van der Waals surface area contributed by atoms with Crippen LogP contribution in [0, 0.1) is 0 Å². The van der Waals surface area contributed by atoms with Gasteiger partial charge in [-0.3, -0.25) is 0 Å². The van der Waals surface area contributed by atoms with Gasteiger partial charge in [0, 0.05) is 0 Å². The van der Waals surface area contributed by atoms with Crippen molar-refractivity contribution in [2.45, 2.75) is 24.4 Å². The second-order valence-electron chi connectivity index (χ2n) is 5.77. The van der Waals surface area contributed by atoms with Crippen LogP contribution in [0.15, 0.2) is 48.5 Å². The van der Waals surface area contributed by atoms with E-state index in [4.69, 9.17) is 0 Å². The number of hydrogen-bond acceptors (Lipinski definition) is 2. The van der Waals surface area contributed by atoms with Crippen LogP contribution in [-0.4, -0.2) is 14.1 Å². The third kappa shape index (κ3) is 4.56. The molecule has 0 aliphatic heterocycles. The minimum Gasteiger partial charge on any atom is -0.311 e. The van der Waals surface area contributed by atoms with Crippen molar-refractivity contribution in [2.75, 3.05) is 14.1 Å². The molecule has 0 unspecified atom stereocenters. The standard InChI is InChI=1S/C18H18F6N2/c1-25-15(11-3-7-13(8-4-11)17(19,20)21)16(26-2)12-5-9-14(10-6-12)18(22,23)24/h3-10,15-16,25-26H,1-2H3/t15-,16-/m1/s1. The number of rotatable bonds is 5. The van der Waals surface area contributed by atoms with Crippen LogP contribution < -0.4 is 10.6 Å². The maximum Gasteiger partial charge on any atom is 0.416 e. The van der Waals surface area contributed by atoms with Crippen molar-refractivity contribution in [3.63, 3.8) is 0 Å². The van der Waals surface area contributed by atoms with E-state index < -0.39 is 35.6 Å². The van der Waals surface area contributed by atoms with Gasteiger partial charge in [-0.25, -0.2) is 0 Å². The molecule has 0 bridgehead atoms. The highest BCUT2D eigenvalue weighted by atomic mass is 19.4. The Labute approximate surface area is 147 Å². The van der Waals surface area contributed by atoms with E-state index in [1.165, 1.54) is 24.3 Å². The van der Waals surface area contributed by atoms with Crippen LogP contribution in [-0.2, 0) is 12.4 Å². The summed E-state index contributed by atoms with van der Waals surface area (Å²) in [4.78, 5) is 0. The van der Waals surface area contributed by atoms with E-state index in [9.17, 15) is 26.3 Å². The molecular formula is C18H18F6N2. The van der Waals surface area contributed by atoms with Gasteiger partial charge in [0.05, 0.1) is 23.2 Å². The first-order chi connectivity index (χ1) is 12.1. The number of nitrogens with one attached hydrogen (secondary N) is 2. The molecule has 2 atom stereocenters. The second-order valence-corrected chi connectivity index (χ2v) is 5.77. The summed E-state index contributed by atoms with van der Waals surface area (Å²) in [7, 11) is 3.27. The Morgan fingerprint density at radius 3 is 1.04 bits per heavy atom. The summed E-state index contributed by atoms with van der Waals surface area (Å²) < 4.78 is 76.2. The molecule has 0 saturated carbocycles. The Kier molecular flexibility index (Phi) is 5.98. The molecule has 0 aliphatic rings. The number of hydrogen-bond donors (Lipinski definition) is 2. The van der Waals surface area contributed by atoms with E-state index in [1.807, 2.05) is 0 Å². The lowest BCUT2D eigenvalue weighted by Gasteiger charge is -2.28. The molecule has 26 heavy (non-hydrogen) atoms. The molecule has 0 amide bonds. The van der Waals surface area contributed by atoms with Crippen molar-refractivity contribution < 1.29 is 26.3 Å². The van der Waals surface area contributed by atoms with Gasteiger partial charge in [0.15, 0.2) is 0 Å². The monoisotopic (exact) mass is 376 g/mol. The summed E-state index contributed by atoms with van der Waals surface area (Å²) in [5, 5.41) is 6.01. The van der Waals surface area contributed by atoms with Crippen molar-refractivity contribution in [1.82, 2.24) is 10.6 Å². The summed E-state index contributed by atoms with van der Waals surface area (Å²) in [6, 6.07) is 8.52. The van der Waals surface area contributed by atoms with E-state index in [1.54, 1.807) is 14.1 Å². The van der Waals surface area contributed by atoms with E-state index in [0.29, 0.717) is 11.1 Å². The largest absolute Gasteiger partial charge is 0.416 e. The SMILES string of the molecule is CN[C@H](c1ccc(C(F)(F)F)cc1)[C@H](NC)c1ccc(C(F)(F)F)cc1. The number of likely N-dealkylation sites (N-methyl/N-ethyl adjacent to an activating group) is 2. The van der Waals surface area contributed by atoms with Gasteiger partial charge in [0.1, 0.15) is 0 Å². The third-order valence-corrected chi connectivity index (χ3v) is 4.15. The van der Waals surface area contributed by atoms with Crippen molar-refractivity contribution >= 4 is 0 Å². The lowest BCUT2D eigenvalue weighted by Crippen LogP contribution is -2.32. The van der Waals surface area contributed by atoms with Crippen LogP contribution in [0.2, 0.25) is 0 Å². The van der Waals surface area contributed by atoms with Gasteiger partial charge in [0.25, 0.3) is 0 Å². The average molecular weight is 376 g/mol. The highest BCUT2D eigenvalue weighted by Crippen LogP contribution is 2.34. The quantitative estimate of drug-likeness (QED) is 0.722. The van der Waals surface area contributed by atoms with Crippen molar-refractivity contribution in [1.29, 1.82) is 0 Å². The zero-order valence-corrected chi connectivity index (χ0v) is 14.0. The summed E-state index contributed by atoms with van der Waals surface area (Å²) in [5.74, 6) is 0. The Bertz CT molecular complexity index is 641. The predicted octanol–water partition coefficient (Wildman–Crippen LogP) is 4.95. The van der Waals surface area contributed by atoms with Gasteiger partial charge >= 0.3 is 12.4 Å². The molecular weight excluding hydrogens is 358 g/mol. The number of alkyl halides is 6. The molecule has 2 rings (SSSR count). The Balaban J connectivity index is 2.31. The molecule has 0 radical (unpaired) electrons. The molecule has 142 valence electrons. The highest BCUT2D eigenvalue weighted by molar-refractivity contribution is 5.32. The average Bonchev–Trinajstić information content (AvgIpc) is 2.58. The zero-order chi connectivity index (χ0) is 19.5. The first-order valence-electron chi connectivity index (χ1n) is 7.76. The van der Waals surface area contributed by atoms with Gasteiger partial charge < -0.3 is 10.6 Å². The summed E-state index contributed by atoms with van der Waals surface area (Å²) in [6.07, 6.45) is -8.85. The van der Waals surface area contributed by atoms with Gasteiger partial charge in [-0.2, -0.15) is 26.3 Å². The summed E-state index contributed by atoms with van der Waals surface area (Å²) in [6.45, 7) is 0. The fraction of sp³-hybridized carbons (Fsp3) is 0.333. The van der Waals surface area contributed by atoms with E-state index in [-0.39, 0.29) is 0 Å². The molecule has 0 spiro atoms. The predicted molar refractivity (Wildman–Crippen MR) is 86.5 cm³/mol. The second kappa shape index (κ2) is 7.67. The smallest absolute Gasteiger partial charge is 0.311 e. The maximum atomic E-state index is 12.7. The first-order valence-corrected chi connectivity index (χ1v) is 7.76. The molecule has 0 heterocycles. The maximum absolute atomic E-state index is 12.7. The highest BCUT2D eigenvalue weighted by Gasteiger charge is 2.32. The van der Waals surface area contributed by atoms with Gasteiger partial charge in [-0.15, -0.1) is 0 Å². The summed E-state index contributed by atoms with van der Waals surface area (Å²) >= 11 is 0. The molecule has 2 nitrogen and oxygen atoms in total. The summed E-state index contributed by atoms with van der Waals surface area (Å²) in [5.41, 5.74) is -0.349. The number of halogens is 6. The molecule has 2 aromatic carbocycles. The fourth-order valence-corrected chi connectivity index (χ4v) is 2.81. The normalized spacial score (nSPS) is 14.9. The van der Waals surface area contributed by atoms with E-state index in [0.717, 1.165) is 24.3 Å². The van der Waals surface area contributed by atoms with E-state index in [2.05, 4.69) is 10.6 Å². The van der Waals surface area contributed by atoms with Crippen molar-refractivity contribution in [3.05, 3.63) is 70.8 Å². The van der Waals surface area contributed by atoms with Crippen LogP contribution >= 0.6 is 0 Å². The van der Waals surface area contributed by atoms with Crippen LogP contribution in [0.1, 0.15) is 34.3 Å². The molecule has 0 aliphatic carbocycles. The minimum atomic E-state index is -4.43. The fourth-order valence-electron chi connectivity index (χ4n) is 2.81. The first kappa shape index (κ1) is 20.3. The Hall–Kier alpha value is -2.06. The van der Waals surface area contributed by atoms with Gasteiger partial charge in [0.2, 0.25) is 0 Å². The molecule has 0 fully saturated rings. The lowest BCUT2D eigenvalue weighted by molar-refractivity contribution is -0.138. The zero-order valence-electron chi connectivity index (χ0n) is 14.0. The van der Waals surface area contributed by atoms with Crippen LogP contribution in [0.25, 0.3) is 0 Å². The van der Waals surface area contributed by atoms with Gasteiger partial charge in [-0.05, 0) is 49.5 Å². The van der Waals surface area contributed by atoms with Crippen molar-refractivity contribution in [2.24, 2.45) is 0 Å². The molecule has 0 saturated heterocycles. The Morgan fingerprint density at radius 1 is 0.577 bits per heavy atom. The van der Waals surface area contributed by atoms with Crippen molar-refractivity contribution in [3.8, 4) is 0 Å². The molecule has 2 N–H and O–H groups in total. The van der Waals surface area contributed by atoms with Gasteiger partial charge in [-0.1, -0.05) is 24.3 Å². The Morgan fingerprint density at radius 2 is 0.846 bits per heavy atom. The van der Waals surface area contributed by atoms with Crippen LogP contribution in [0.4, 0.5) is 26.3 Å². The number of benzene rings is 2.